The molecule has 2 N–H and O–H groups in total. The number of carbonyl (C=O) groups excluding carboxylic acids is 1. The van der Waals surface area contributed by atoms with E-state index in [0.717, 1.165) is 38.7 Å². The maximum atomic E-state index is 12.0. The van der Waals surface area contributed by atoms with E-state index in [1.807, 2.05) is 0 Å². The lowest BCUT2D eigenvalue weighted by molar-refractivity contribution is 0.0948. The fourth-order valence-electron chi connectivity index (χ4n) is 2.25. The molecule has 1 amide bonds. The summed E-state index contributed by atoms with van der Waals surface area (Å²) in [6, 6.07) is 1.63. The SMILES string of the molecule is CCCCCNC(=O)c1ccnc(NCC2CCCO2)n1. The fourth-order valence-corrected chi connectivity index (χ4v) is 2.25. The van der Waals surface area contributed by atoms with E-state index in [1.165, 1.54) is 0 Å². The summed E-state index contributed by atoms with van der Waals surface area (Å²) in [7, 11) is 0. The summed E-state index contributed by atoms with van der Waals surface area (Å²) in [6.07, 6.45) is 7.25. The second-order valence-corrected chi connectivity index (χ2v) is 5.24. The fraction of sp³-hybridized carbons (Fsp3) is 0.667. The predicted molar refractivity (Wildman–Crippen MR) is 81.4 cm³/mol. The van der Waals surface area contributed by atoms with Crippen LogP contribution in [0.1, 0.15) is 49.5 Å². The van der Waals surface area contributed by atoms with Crippen LogP contribution >= 0.6 is 0 Å². The molecule has 1 unspecified atom stereocenters. The van der Waals surface area contributed by atoms with Crippen molar-refractivity contribution in [2.75, 3.05) is 25.0 Å². The van der Waals surface area contributed by atoms with Gasteiger partial charge >= 0.3 is 0 Å². The number of nitrogens with zero attached hydrogens (tertiary/aromatic N) is 2. The molecular weight excluding hydrogens is 268 g/mol. The average Bonchev–Trinajstić information content (AvgIpc) is 3.03. The molecule has 0 aliphatic carbocycles. The number of unbranched alkanes of at least 4 members (excludes halogenated alkanes) is 2. The van der Waals surface area contributed by atoms with Crippen LogP contribution in [0.25, 0.3) is 0 Å². The number of ether oxygens (including phenoxy) is 1. The number of hydrogen-bond acceptors (Lipinski definition) is 5. The highest BCUT2D eigenvalue weighted by atomic mass is 16.5. The van der Waals surface area contributed by atoms with E-state index >= 15 is 0 Å². The third-order valence-electron chi connectivity index (χ3n) is 3.47. The first-order chi connectivity index (χ1) is 10.3. The molecule has 6 nitrogen and oxygen atoms in total. The summed E-state index contributed by atoms with van der Waals surface area (Å²) in [4.78, 5) is 20.3. The van der Waals surface area contributed by atoms with Crippen molar-refractivity contribution in [3.05, 3.63) is 18.0 Å². The molecule has 0 spiro atoms. The topological polar surface area (TPSA) is 76.1 Å². The van der Waals surface area contributed by atoms with Gasteiger partial charge in [-0.3, -0.25) is 4.79 Å². The van der Waals surface area contributed by atoms with Crippen LogP contribution in [-0.2, 0) is 4.74 Å². The van der Waals surface area contributed by atoms with Gasteiger partial charge in [-0.1, -0.05) is 19.8 Å². The van der Waals surface area contributed by atoms with E-state index in [2.05, 4.69) is 27.5 Å². The lowest BCUT2D eigenvalue weighted by atomic mass is 10.2. The van der Waals surface area contributed by atoms with Crippen molar-refractivity contribution >= 4 is 11.9 Å². The van der Waals surface area contributed by atoms with Gasteiger partial charge < -0.3 is 15.4 Å². The Morgan fingerprint density at radius 1 is 1.48 bits per heavy atom. The van der Waals surface area contributed by atoms with Gasteiger partial charge in [0.05, 0.1) is 6.10 Å². The molecule has 1 aromatic rings. The normalized spacial score (nSPS) is 17.7. The summed E-state index contributed by atoms with van der Waals surface area (Å²) in [5, 5.41) is 6.01. The third-order valence-corrected chi connectivity index (χ3v) is 3.47. The van der Waals surface area contributed by atoms with E-state index in [9.17, 15) is 4.79 Å². The van der Waals surface area contributed by atoms with Gasteiger partial charge in [0.15, 0.2) is 0 Å². The predicted octanol–water partition coefficient (Wildman–Crippen LogP) is 1.99. The van der Waals surface area contributed by atoms with Gasteiger partial charge in [0.25, 0.3) is 5.91 Å². The van der Waals surface area contributed by atoms with E-state index in [-0.39, 0.29) is 12.0 Å². The van der Waals surface area contributed by atoms with Crippen molar-refractivity contribution in [1.29, 1.82) is 0 Å². The Morgan fingerprint density at radius 2 is 2.38 bits per heavy atom. The number of rotatable bonds is 8. The summed E-state index contributed by atoms with van der Waals surface area (Å²) in [5.74, 6) is 0.334. The first-order valence-corrected chi connectivity index (χ1v) is 7.76. The number of nitrogens with one attached hydrogen (secondary N) is 2. The second-order valence-electron chi connectivity index (χ2n) is 5.24. The second kappa shape index (κ2) is 8.56. The van der Waals surface area contributed by atoms with Crippen molar-refractivity contribution in [1.82, 2.24) is 15.3 Å². The minimum atomic E-state index is -0.145. The molecule has 2 heterocycles. The Balaban J connectivity index is 1.80. The Bertz CT molecular complexity index is 447. The summed E-state index contributed by atoms with van der Waals surface area (Å²) >= 11 is 0. The zero-order valence-corrected chi connectivity index (χ0v) is 12.6. The van der Waals surface area contributed by atoms with Crippen molar-refractivity contribution in [2.24, 2.45) is 0 Å². The molecule has 1 aliphatic heterocycles. The monoisotopic (exact) mass is 292 g/mol. The van der Waals surface area contributed by atoms with Gasteiger partial charge in [0, 0.05) is 25.9 Å². The molecule has 1 saturated heterocycles. The zero-order valence-electron chi connectivity index (χ0n) is 12.6. The van der Waals surface area contributed by atoms with Crippen LogP contribution < -0.4 is 10.6 Å². The van der Waals surface area contributed by atoms with Gasteiger partial charge in [-0.05, 0) is 25.3 Å². The number of aromatic nitrogens is 2. The molecule has 1 aliphatic rings. The molecule has 0 radical (unpaired) electrons. The Labute approximate surface area is 125 Å². The zero-order chi connectivity index (χ0) is 14.9. The van der Waals surface area contributed by atoms with Crippen LogP contribution in [0.2, 0.25) is 0 Å². The highest BCUT2D eigenvalue weighted by molar-refractivity contribution is 5.92. The minimum Gasteiger partial charge on any atom is -0.376 e. The van der Waals surface area contributed by atoms with E-state index in [4.69, 9.17) is 4.74 Å². The molecule has 0 bridgehead atoms. The maximum Gasteiger partial charge on any atom is 0.270 e. The molecule has 1 aromatic heterocycles. The highest BCUT2D eigenvalue weighted by Gasteiger charge is 2.15. The van der Waals surface area contributed by atoms with Crippen LogP contribution in [-0.4, -0.2) is 41.7 Å². The smallest absolute Gasteiger partial charge is 0.270 e. The number of anilines is 1. The van der Waals surface area contributed by atoms with Crippen molar-refractivity contribution < 1.29 is 9.53 Å². The Morgan fingerprint density at radius 3 is 3.14 bits per heavy atom. The first-order valence-electron chi connectivity index (χ1n) is 7.76. The quantitative estimate of drug-likeness (QED) is 0.717. The molecule has 2 rings (SSSR count). The van der Waals surface area contributed by atoms with Crippen molar-refractivity contribution in [3.63, 3.8) is 0 Å². The Kier molecular flexibility index (Phi) is 6.40. The van der Waals surface area contributed by atoms with Crippen LogP contribution in [0, 0.1) is 0 Å². The van der Waals surface area contributed by atoms with Crippen LogP contribution in [0.3, 0.4) is 0 Å². The Hall–Kier alpha value is -1.69. The standard InChI is InChI=1S/C15H24N4O2/c1-2-3-4-8-16-14(20)13-7-9-17-15(19-13)18-11-12-6-5-10-21-12/h7,9,12H,2-6,8,10-11H2,1H3,(H,16,20)(H,17,18,19). The number of carbonyl (C=O) groups is 1. The molecule has 21 heavy (non-hydrogen) atoms. The lowest BCUT2D eigenvalue weighted by Crippen LogP contribution is -2.26. The summed E-state index contributed by atoms with van der Waals surface area (Å²) in [5.41, 5.74) is 0.399. The largest absolute Gasteiger partial charge is 0.376 e. The van der Waals surface area contributed by atoms with Gasteiger partial charge in [-0.2, -0.15) is 0 Å². The maximum absolute atomic E-state index is 12.0. The third kappa shape index (κ3) is 5.30. The lowest BCUT2D eigenvalue weighted by Gasteiger charge is -2.11. The van der Waals surface area contributed by atoms with E-state index in [1.54, 1.807) is 12.3 Å². The molecular formula is C15H24N4O2. The molecule has 6 heteroatoms. The van der Waals surface area contributed by atoms with E-state index in [0.29, 0.717) is 24.7 Å². The van der Waals surface area contributed by atoms with Crippen LogP contribution in [0.4, 0.5) is 5.95 Å². The van der Waals surface area contributed by atoms with Gasteiger partial charge in [-0.15, -0.1) is 0 Å². The van der Waals surface area contributed by atoms with Gasteiger partial charge in [0.1, 0.15) is 5.69 Å². The molecule has 116 valence electrons. The number of amides is 1. The van der Waals surface area contributed by atoms with Gasteiger partial charge in [0.2, 0.25) is 5.95 Å². The average molecular weight is 292 g/mol. The highest BCUT2D eigenvalue weighted by Crippen LogP contribution is 2.12. The van der Waals surface area contributed by atoms with Crippen LogP contribution in [0.15, 0.2) is 12.3 Å². The number of hydrogen-bond donors (Lipinski definition) is 2. The van der Waals surface area contributed by atoms with E-state index < -0.39 is 0 Å². The van der Waals surface area contributed by atoms with Crippen LogP contribution in [0.5, 0.6) is 0 Å². The minimum absolute atomic E-state index is 0.145. The molecule has 1 fully saturated rings. The summed E-state index contributed by atoms with van der Waals surface area (Å²) in [6.45, 7) is 4.34. The molecule has 1 atom stereocenters. The van der Waals surface area contributed by atoms with Crippen molar-refractivity contribution in [2.45, 2.75) is 45.1 Å². The summed E-state index contributed by atoms with van der Waals surface area (Å²) < 4.78 is 5.53. The van der Waals surface area contributed by atoms with Crippen molar-refractivity contribution in [3.8, 4) is 0 Å². The molecule has 0 aromatic carbocycles. The van der Waals surface area contributed by atoms with Gasteiger partial charge in [-0.25, -0.2) is 9.97 Å². The molecule has 0 saturated carbocycles. The first kappa shape index (κ1) is 15.7.